The number of nitrogen functional groups attached to an aromatic ring is 1. The third-order valence-electron chi connectivity index (χ3n) is 7.00. The number of piperazine rings is 1. The van der Waals surface area contributed by atoms with E-state index in [2.05, 4.69) is 20.2 Å². The lowest BCUT2D eigenvalue weighted by Gasteiger charge is -2.35. The van der Waals surface area contributed by atoms with E-state index in [0.29, 0.717) is 65.4 Å². The average Bonchev–Trinajstić information content (AvgIpc) is 3.80. The zero-order chi connectivity index (χ0) is 27.6. The number of anilines is 2. The third kappa shape index (κ3) is 5.76. The lowest BCUT2D eigenvalue weighted by Crippen LogP contribution is -2.50. The summed E-state index contributed by atoms with van der Waals surface area (Å²) >= 11 is 5.91. The number of hydrogen-bond acceptors (Lipinski definition) is 8. The van der Waals surface area contributed by atoms with E-state index in [0.717, 1.165) is 24.1 Å². The number of hydrogen-bond donors (Lipinski definition) is 2. The molecule has 2 aromatic carbocycles. The van der Waals surface area contributed by atoms with Gasteiger partial charge in [0.25, 0.3) is 11.8 Å². The lowest BCUT2D eigenvalue weighted by molar-refractivity contribution is -0.133. The van der Waals surface area contributed by atoms with E-state index in [9.17, 15) is 9.59 Å². The Morgan fingerprint density at radius 1 is 0.925 bits per heavy atom. The van der Waals surface area contributed by atoms with Gasteiger partial charge in [-0.1, -0.05) is 23.7 Å². The van der Waals surface area contributed by atoms with Crippen LogP contribution in [0.15, 0.2) is 60.7 Å². The molecule has 0 unspecified atom stereocenters. The maximum atomic E-state index is 12.7. The van der Waals surface area contributed by atoms with Gasteiger partial charge in [-0.15, -0.1) is 0 Å². The fourth-order valence-electron chi connectivity index (χ4n) is 4.62. The second-order valence-corrected chi connectivity index (χ2v) is 10.3. The van der Waals surface area contributed by atoms with Crippen molar-refractivity contribution in [2.24, 2.45) is 0 Å². The van der Waals surface area contributed by atoms with E-state index < -0.39 is 0 Å². The summed E-state index contributed by atoms with van der Waals surface area (Å²) in [6.45, 7) is 2.11. The molecule has 0 atom stereocenters. The van der Waals surface area contributed by atoms with Crippen LogP contribution in [-0.2, 0) is 4.79 Å². The van der Waals surface area contributed by atoms with Gasteiger partial charge in [0.15, 0.2) is 12.4 Å². The van der Waals surface area contributed by atoms with Crippen molar-refractivity contribution in [2.45, 2.75) is 18.9 Å². The minimum atomic E-state index is -0.0867. The number of carbonyl (C=O) groups is 2. The molecule has 3 heterocycles. The monoisotopic (exact) mass is 557 g/mol. The molecule has 0 spiro atoms. The van der Waals surface area contributed by atoms with Crippen LogP contribution < -0.4 is 20.7 Å². The fourth-order valence-corrected chi connectivity index (χ4v) is 4.75. The molecular formula is C29H28ClN7O3. The summed E-state index contributed by atoms with van der Waals surface area (Å²) in [5.74, 6) is 1.25. The van der Waals surface area contributed by atoms with Gasteiger partial charge in [-0.2, -0.15) is 4.98 Å². The SMILES string of the molecule is Nc1nc(N2CCN(C(=O)COc3ccc(Cl)cc3)CC2)c2nc(-c3ccc(C(=O)NC4CC4)cc3)ccc2n1. The summed E-state index contributed by atoms with van der Waals surface area (Å²) in [6.07, 6.45) is 2.09. The van der Waals surface area contributed by atoms with Crippen LogP contribution >= 0.6 is 11.6 Å². The number of amides is 2. The van der Waals surface area contributed by atoms with Crippen molar-refractivity contribution in [2.75, 3.05) is 43.4 Å². The average molecular weight is 558 g/mol. The first-order chi connectivity index (χ1) is 19.4. The molecule has 6 rings (SSSR count). The van der Waals surface area contributed by atoms with Gasteiger partial charge in [-0.25, -0.2) is 9.97 Å². The van der Waals surface area contributed by atoms with E-state index in [-0.39, 0.29) is 24.4 Å². The van der Waals surface area contributed by atoms with Crippen LogP contribution in [0.2, 0.25) is 5.02 Å². The smallest absolute Gasteiger partial charge is 0.260 e. The van der Waals surface area contributed by atoms with Crippen LogP contribution in [0.1, 0.15) is 23.2 Å². The quantitative estimate of drug-likeness (QED) is 0.353. The Kier molecular flexibility index (Phi) is 7.08. The fraction of sp³-hybridized carbons (Fsp3) is 0.276. The molecule has 4 aromatic rings. The molecule has 10 nitrogen and oxygen atoms in total. The maximum Gasteiger partial charge on any atom is 0.260 e. The molecule has 0 bridgehead atoms. The molecule has 11 heteroatoms. The van der Waals surface area contributed by atoms with Crippen LogP contribution in [0.5, 0.6) is 5.75 Å². The number of nitrogens with zero attached hydrogens (tertiary/aromatic N) is 5. The van der Waals surface area contributed by atoms with Crippen molar-refractivity contribution >= 4 is 46.2 Å². The minimum absolute atomic E-state index is 0.0447. The summed E-state index contributed by atoms with van der Waals surface area (Å²) in [5.41, 5.74) is 9.56. The summed E-state index contributed by atoms with van der Waals surface area (Å²) < 4.78 is 5.62. The Morgan fingerprint density at radius 2 is 1.65 bits per heavy atom. The van der Waals surface area contributed by atoms with Crippen molar-refractivity contribution < 1.29 is 14.3 Å². The summed E-state index contributed by atoms with van der Waals surface area (Å²) in [6, 6.07) is 18.4. The van der Waals surface area contributed by atoms with Gasteiger partial charge in [-0.05, 0) is 61.4 Å². The summed E-state index contributed by atoms with van der Waals surface area (Å²) in [5, 5.41) is 3.62. The second kappa shape index (κ2) is 11.0. The zero-order valence-corrected chi connectivity index (χ0v) is 22.5. The Hall–Kier alpha value is -4.44. The van der Waals surface area contributed by atoms with Gasteiger partial charge in [-0.3, -0.25) is 9.59 Å². The van der Waals surface area contributed by atoms with E-state index in [1.165, 1.54) is 0 Å². The van der Waals surface area contributed by atoms with Crippen LogP contribution in [0.3, 0.4) is 0 Å². The van der Waals surface area contributed by atoms with Gasteiger partial charge < -0.3 is 25.6 Å². The molecule has 1 aliphatic heterocycles. The molecular weight excluding hydrogens is 530 g/mol. The van der Waals surface area contributed by atoms with Crippen molar-refractivity contribution in [3.8, 4) is 17.0 Å². The molecule has 2 aliphatic rings. The van der Waals surface area contributed by atoms with E-state index in [1.807, 2.05) is 36.4 Å². The van der Waals surface area contributed by atoms with E-state index in [1.54, 1.807) is 29.2 Å². The standard InChI is InChI=1S/C29H28ClN7O3/c30-20-5-9-22(10-6-20)40-17-25(38)36-13-15-37(16-14-36)27-26-24(34-29(31)35-27)12-11-23(33-26)18-1-3-19(4-2-18)28(39)32-21-7-8-21/h1-6,9-12,21H,7-8,13-17H2,(H,32,39)(H2,31,34,35). The van der Waals surface area contributed by atoms with Crippen LogP contribution in [0.25, 0.3) is 22.3 Å². The first-order valence-corrected chi connectivity index (χ1v) is 13.6. The van der Waals surface area contributed by atoms with Crippen LogP contribution in [0.4, 0.5) is 11.8 Å². The number of aromatic nitrogens is 3. The maximum absolute atomic E-state index is 12.7. The molecule has 2 aromatic heterocycles. The molecule has 1 saturated heterocycles. The molecule has 1 saturated carbocycles. The highest BCUT2D eigenvalue weighted by Crippen LogP contribution is 2.28. The summed E-state index contributed by atoms with van der Waals surface area (Å²) in [7, 11) is 0. The number of halogens is 1. The Balaban J connectivity index is 1.15. The number of nitrogens with one attached hydrogen (secondary N) is 1. The number of carbonyl (C=O) groups excluding carboxylic acids is 2. The number of fused-ring (bicyclic) bond motifs is 1. The van der Waals surface area contributed by atoms with Gasteiger partial charge in [0.05, 0.1) is 11.2 Å². The minimum Gasteiger partial charge on any atom is -0.484 e. The Morgan fingerprint density at radius 3 is 2.35 bits per heavy atom. The lowest BCUT2D eigenvalue weighted by atomic mass is 10.1. The molecule has 204 valence electrons. The van der Waals surface area contributed by atoms with Gasteiger partial charge >= 0.3 is 0 Å². The van der Waals surface area contributed by atoms with Gasteiger partial charge in [0.2, 0.25) is 5.95 Å². The zero-order valence-electron chi connectivity index (χ0n) is 21.7. The normalized spacial score (nSPS) is 15.2. The van der Waals surface area contributed by atoms with Crippen molar-refractivity contribution in [1.29, 1.82) is 0 Å². The number of benzene rings is 2. The molecule has 40 heavy (non-hydrogen) atoms. The van der Waals surface area contributed by atoms with Crippen molar-refractivity contribution in [3.05, 3.63) is 71.2 Å². The summed E-state index contributed by atoms with van der Waals surface area (Å²) in [4.78, 5) is 42.7. The number of nitrogens with two attached hydrogens (primary N) is 1. The first-order valence-electron chi connectivity index (χ1n) is 13.2. The highest BCUT2D eigenvalue weighted by atomic mass is 35.5. The molecule has 2 amide bonds. The molecule has 2 fully saturated rings. The predicted molar refractivity (Wildman–Crippen MR) is 153 cm³/mol. The van der Waals surface area contributed by atoms with Crippen LogP contribution in [0, 0.1) is 0 Å². The predicted octanol–water partition coefficient (Wildman–Crippen LogP) is 3.55. The first kappa shape index (κ1) is 25.8. The number of rotatable bonds is 7. The molecule has 3 N–H and O–H groups in total. The highest BCUT2D eigenvalue weighted by Gasteiger charge is 2.25. The Labute approximate surface area is 236 Å². The number of ether oxygens (including phenoxy) is 1. The van der Waals surface area contributed by atoms with Gasteiger partial charge in [0, 0.05) is 48.4 Å². The number of pyridine rings is 1. The molecule has 0 radical (unpaired) electrons. The largest absolute Gasteiger partial charge is 0.484 e. The van der Waals surface area contributed by atoms with Crippen molar-refractivity contribution in [1.82, 2.24) is 25.2 Å². The Bertz CT molecular complexity index is 1550. The highest BCUT2D eigenvalue weighted by molar-refractivity contribution is 6.30. The second-order valence-electron chi connectivity index (χ2n) is 9.91. The van der Waals surface area contributed by atoms with Crippen LogP contribution in [-0.4, -0.2) is 70.5 Å². The van der Waals surface area contributed by atoms with Gasteiger partial charge in [0.1, 0.15) is 11.3 Å². The molecule has 1 aliphatic carbocycles. The third-order valence-corrected chi connectivity index (χ3v) is 7.26. The topological polar surface area (TPSA) is 127 Å². The van der Waals surface area contributed by atoms with E-state index >= 15 is 0 Å². The van der Waals surface area contributed by atoms with Crippen molar-refractivity contribution in [3.63, 3.8) is 0 Å². The van der Waals surface area contributed by atoms with E-state index in [4.69, 9.17) is 27.1 Å².